The third kappa shape index (κ3) is 3.69. The molecule has 2 aliphatic heterocycles. The summed E-state index contributed by atoms with van der Waals surface area (Å²) >= 11 is 5.78. The Balaban J connectivity index is 1.80. The second-order valence-electron chi connectivity index (χ2n) is 6.18. The lowest BCUT2D eigenvalue weighted by Crippen LogP contribution is -2.59. The minimum absolute atomic E-state index is 0.00901. The second kappa shape index (κ2) is 6.64. The van der Waals surface area contributed by atoms with Gasteiger partial charge in [-0.25, -0.2) is 12.8 Å². The number of aliphatic hydroxyl groups is 1. The molecule has 0 aliphatic carbocycles. The van der Waals surface area contributed by atoms with Crippen molar-refractivity contribution in [3.8, 4) is 0 Å². The zero-order valence-electron chi connectivity index (χ0n) is 12.7. The Morgan fingerprint density at radius 2 is 1.87 bits per heavy atom. The zero-order chi connectivity index (χ0) is 16.6. The largest absolute Gasteiger partial charge is 0.395 e. The van der Waals surface area contributed by atoms with Gasteiger partial charge in [0.25, 0.3) is 0 Å². The quantitative estimate of drug-likeness (QED) is 0.856. The molecule has 8 heteroatoms. The first-order valence-corrected chi connectivity index (χ1v) is 9.83. The van der Waals surface area contributed by atoms with Crippen molar-refractivity contribution in [3.05, 3.63) is 34.6 Å². The van der Waals surface area contributed by atoms with Crippen LogP contribution in [0.4, 0.5) is 4.39 Å². The lowest BCUT2D eigenvalue weighted by Gasteiger charge is -2.43. The Labute approximate surface area is 140 Å². The van der Waals surface area contributed by atoms with Gasteiger partial charge in [-0.2, -0.15) is 0 Å². The summed E-state index contributed by atoms with van der Waals surface area (Å²) in [5.41, 5.74) is 0.521. The van der Waals surface area contributed by atoms with Crippen LogP contribution in [0.1, 0.15) is 5.56 Å². The fourth-order valence-corrected chi connectivity index (χ4v) is 5.77. The third-order valence-corrected chi connectivity index (χ3v) is 6.62. The van der Waals surface area contributed by atoms with Crippen molar-refractivity contribution >= 4 is 21.4 Å². The minimum atomic E-state index is -3.10. The number of fused-ring (bicyclic) bond motifs is 1. The average molecular weight is 363 g/mol. The van der Waals surface area contributed by atoms with Gasteiger partial charge in [0.2, 0.25) is 0 Å². The van der Waals surface area contributed by atoms with Crippen LogP contribution in [-0.2, 0) is 16.4 Å². The fraction of sp³-hybridized carbons (Fsp3) is 0.600. The summed E-state index contributed by atoms with van der Waals surface area (Å²) in [4.78, 5) is 4.07. The summed E-state index contributed by atoms with van der Waals surface area (Å²) < 4.78 is 38.1. The van der Waals surface area contributed by atoms with Crippen LogP contribution in [0.3, 0.4) is 0 Å². The predicted octanol–water partition coefficient (Wildman–Crippen LogP) is 0.755. The van der Waals surface area contributed by atoms with Gasteiger partial charge in [-0.05, 0) is 12.1 Å². The first-order valence-electron chi connectivity index (χ1n) is 7.63. The Bertz CT molecular complexity index is 685. The van der Waals surface area contributed by atoms with Gasteiger partial charge < -0.3 is 5.11 Å². The molecule has 3 rings (SSSR count). The van der Waals surface area contributed by atoms with Crippen molar-refractivity contribution in [2.75, 3.05) is 37.7 Å². The molecule has 0 radical (unpaired) electrons. The normalized spacial score (nSPS) is 28.0. The zero-order valence-corrected chi connectivity index (χ0v) is 14.2. The molecule has 0 amide bonds. The third-order valence-electron chi connectivity index (χ3n) is 4.68. The number of halogens is 2. The SMILES string of the molecule is O=S1(=O)C[C@@H]2[C@H](C1)N(Cc1ccc(Cl)cc1F)CCN2CCO. The molecule has 2 heterocycles. The maximum atomic E-state index is 14.0. The maximum Gasteiger partial charge on any atom is 0.153 e. The fourth-order valence-electron chi connectivity index (χ4n) is 3.57. The first kappa shape index (κ1) is 17.1. The number of piperazine rings is 1. The van der Waals surface area contributed by atoms with Gasteiger partial charge in [0.15, 0.2) is 9.84 Å². The minimum Gasteiger partial charge on any atom is -0.395 e. The highest BCUT2D eigenvalue weighted by atomic mass is 35.5. The molecule has 23 heavy (non-hydrogen) atoms. The lowest BCUT2D eigenvalue weighted by atomic mass is 10.0. The monoisotopic (exact) mass is 362 g/mol. The molecule has 0 spiro atoms. The number of β-amino-alcohol motifs (C(OH)–C–C–N with tert-alkyl or cyclic N) is 1. The first-order chi connectivity index (χ1) is 10.9. The van der Waals surface area contributed by atoms with E-state index >= 15 is 0 Å². The van der Waals surface area contributed by atoms with Gasteiger partial charge in [-0.3, -0.25) is 9.80 Å². The van der Waals surface area contributed by atoms with Crippen molar-refractivity contribution in [1.29, 1.82) is 0 Å². The summed E-state index contributed by atoms with van der Waals surface area (Å²) in [5, 5.41) is 9.51. The van der Waals surface area contributed by atoms with Crippen molar-refractivity contribution in [1.82, 2.24) is 9.80 Å². The van der Waals surface area contributed by atoms with Crippen LogP contribution in [-0.4, -0.2) is 73.2 Å². The number of rotatable bonds is 4. The highest BCUT2D eigenvalue weighted by Crippen LogP contribution is 2.28. The topological polar surface area (TPSA) is 60.9 Å². The Kier molecular flexibility index (Phi) is 4.94. The van der Waals surface area contributed by atoms with E-state index in [-0.39, 0.29) is 36.0 Å². The van der Waals surface area contributed by atoms with Crippen LogP contribution in [0.5, 0.6) is 0 Å². The number of benzene rings is 1. The molecule has 1 N–H and O–H groups in total. The molecular weight excluding hydrogens is 343 g/mol. The van der Waals surface area contributed by atoms with E-state index in [2.05, 4.69) is 0 Å². The molecular formula is C15H20ClFN2O3S. The van der Waals surface area contributed by atoms with E-state index in [9.17, 15) is 12.8 Å². The van der Waals surface area contributed by atoms with Gasteiger partial charge in [-0.1, -0.05) is 17.7 Å². The number of aliphatic hydroxyl groups excluding tert-OH is 1. The van der Waals surface area contributed by atoms with E-state index in [1.54, 1.807) is 12.1 Å². The molecule has 2 aliphatic rings. The molecule has 2 fully saturated rings. The van der Waals surface area contributed by atoms with Crippen LogP contribution in [0.25, 0.3) is 0 Å². The van der Waals surface area contributed by atoms with E-state index < -0.39 is 9.84 Å². The number of hydrogen-bond acceptors (Lipinski definition) is 5. The van der Waals surface area contributed by atoms with Crippen LogP contribution < -0.4 is 0 Å². The summed E-state index contributed by atoms with van der Waals surface area (Å²) in [6.07, 6.45) is 0. The van der Waals surface area contributed by atoms with Gasteiger partial charge in [0.05, 0.1) is 18.1 Å². The van der Waals surface area contributed by atoms with E-state index in [0.29, 0.717) is 36.8 Å². The van der Waals surface area contributed by atoms with Crippen molar-refractivity contribution in [2.45, 2.75) is 18.6 Å². The van der Waals surface area contributed by atoms with Crippen LogP contribution >= 0.6 is 11.6 Å². The van der Waals surface area contributed by atoms with Gasteiger partial charge >= 0.3 is 0 Å². The van der Waals surface area contributed by atoms with E-state index in [0.717, 1.165) is 0 Å². The molecule has 1 aromatic carbocycles. The van der Waals surface area contributed by atoms with Gasteiger partial charge in [0.1, 0.15) is 5.82 Å². The maximum absolute atomic E-state index is 14.0. The standard InChI is InChI=1S/C15H20ClFN2O3S/c16-12-2-1-11(13(17)7-12)8-19-4-3-18(5-6-20)14-9-23(21,22)10-15(14)19/h1-2,7,14-15,20H,3-6,8-10H2/t14-,15+/m1/s1. The Morgan fingerprint density at radius 1 is 1.22 bits per heavy atom. The highest BCUT2D eigenvalue weighted by molar-refractivity contribution is 7.91. The van der Waals surface area contributed by atoms with E-state index in [1.807, 2.05) is 9.80 Å². The second-order valence-corrected chi connectivity index (χ2v) is 8.77. The molecule has 0 aromatic heterocycles. The molecule has 2 atom stereocenters. The molecule has 0 saturated carbocycles. The van der Waals surface area contributed by atoms with E-state index in [4.69, 9.17) is 16.7 Å². The van der Waals surface area contributed by atoms with Crippen molar-refractivity contribution in [3.63, 3.8) is 0 Å². The van der Waals surface area contributed by atoms with Gasteiger partial charge in [0, 0.05) is 48.8 Å². The summed E-state index contributed by atoms with van der Waals surface area (Å²) in [7, 11) is -3.10. The van der Waals surface area contributed by atoms with Crippen molar-refractivity contribution in [2.24, 2.45) is 0 Å². The number of nitrogens with zero attached hydrogens (tertiary/aromatic N) is 2. The highest BCUT2D eigenvalue weighted by Gasteiger charge is 2.46. The molecule has 5 nitrogen and oxygen atoms in total. The number of sulfone groups is 1. The molecule has 128 valence electrons. The average Bonchev–Trinajstić information content (AvgIpc) is 2.80. The molecule has 0 unspecified atom stereocenters. The Morgan fingerprint density at radius 3 is 2.52 bits per heavy atom. The molecule has 1 aromatic rings. The number of hydrogen-bond donors (Lipinski definition) is 1. The predicted molar refractivity (Wildman–Crippen MR) is 86.7 cm³/mol. The van der Waals surface area contributed by atoms with Crippen LogP contribution in [0.2, 0.25) is 5.02 Å². The Hall–Kier alpha value is -0.730. The van der Waals surface area contributed by atoms with Crippen molar-refractivity contribution < 1.29 is 17.9 Å². The van der Waals surface area contributed by atoms with Gasteiger partial charge in [-0.15, -0.1) is 0 Å². The smallest absolute Gasteiger partial charge is 0.153 e. The summed E-state index contributed by atoms with van der Waals surface area (Å²) in [6, 6.07) is 4.29. The summed E-state index contributed by atoms with van der Waals surface area (Å²) in [6.45, 7) is 2.17. The molecule has 0 bridgehead atoms. The van der Waals surface area contributed by atoms with Crippen LogP contribution in [0.15, 0.2) is 18.2 Å². The van der Waals surface area contributed by atoms with E-state index in [1.165, 1.54) is 6.07 Å². The summed E-state index contributed by atoms with van der Waals surface area (Å²) in [5.74, 6) is -0.167. The lowest BCUT2D eigenvalue weighted by molar-refractivity contribution is 0.0302. The molecule has 2 saturated heterocycles. The van der Waals surface area contributed by atoms with Crippen LogP contribution in [0, 0.1) is 5.82 Å².